The highest BCUT2D eigenvalue weighted by Gasteiger charge is 2.41. The molecule has 42 heavy (non-hydrogen) atoms. The zero-order chi connectivity index (χ0) is 30.6. The summed E-state index contributed by atoms with van der Waals surface area (Å²) in [6, 6.07) is 3.63. The van der Waals surface area contributed by atoms with Gasteiger partial charge in [0.15, 0.2) is 17.6 Å². The molecule has 230 valence electrons. The molecule has 2 aromatic rings. The minimum Gasteiger partial charge on any atom is -0.493 e. The summed E-state index contributed by atoms with van der Waals surface area (Å²) in [5.74, 6) is -0.0587. The van der Waals surface area contributed by atoms with Crippen LogP contribution in [0.4, 0.5) is 0 Å². The molecule has 14 nitrogen and oxygen atoms in total. The van der Waals surface area contributed by atoms with Gasteiger partial charge in [-0.25, -0.2) is 9.78 Å². The van der Waals surface area contributed by atoms with E-state index in [1.807, 2.05) is 19.1 Å². The summed E-state index contributed by atoms with van der Waals surface area (Å²) in [7, 11) is 4.49. The average molecular weight is 592 g/mol. The summed E-state index contributed by atoms with van der Waals surface area (Å²) in [6.07, 6.45) is -5.65. The third kappa shape index (κ3) is 6.27. The van der Waals surface area contributed by atoms with Crippen molar-refractivity contribution in [2.24, 2.45) is 4.99 Å². The summed E-state index contributed by atoms with van der Waals surface area (Å²) in [6.45, 7) is 1.40. The molecule has 0 spiro atoms. The number of aromatic nitrogens is 2. The maximum atomic E-state index is 12.7. The van der Waals surface area contributed by atoms with E-state index in [2.05, 4.69) is 9.97 Å². The molecule has 0 bridgehead atoms. The number of rotatable bonds is 12. The molecule has 1 saturated carbocycles. The Bertz CT molecular complexity index is 1290. The van der Waals surface area contributed by atoms with Gasteiger partial charge in [-0.3, -0.25) is 4.99 Å². The maximum absolute atomic E-state index is 12.7. The van der Waals surface area contributed by atoms with Crippen LogP contribution in [-0.2, 0) is 9.53 Å². The van der Waals surface area contributed by atoms with Crippen LogP contribution < -0.4 is 18.9 Å². The zero-order valence-corrected chi connectivity index (χ0v) is 23.8. The van der Waals surface area contributed by atoms with E-state index in [1.165, 1.54) is 21.3 Å². The number of aliphatic hydroxyl groups is 5. The Morgan fingerprint density at radius 3 is 2.40 bits per heavy atom. The molecule has 1 aliphatic heterocycles. The van der Waals surface area contributed by atoms with Crippen LogP contribution in [0.5, 0.6) is 23.4 Å². The van der Waals surface area contributed by atoms with Gasteiger partial charge < -0.3 is 49.2 Å². The number of fused-ring (bicyclic) bond motifs is 3. The van der Waals surface area contributed by atoms with E-state index >= 15 is 0 Å². The van der Waals surface area contributed by atoms with Gasteiger partial charge >= 0.3 is 12.0 Å². The molecule has 0 unspecified atom stereocenters. The molecule has 0 radical (unpaired) electrons. The lowest BCUT2D eigenvalue weighted by Gasteiger charge is -2.39. The van der Waals surface area contributed by atoms with Crippen molar-refractivity contribution in [2.75, 3.05) is 34.5 Å². The Hall–Kier alpha value is -3.56. The molecule has 14 heteroatoms. The predicted molar refractivity (Wildman–Crippen MR) is 146 cm³/mol. The highest BCUT2D eigenvalue weighted by atomic mass is 16.6. The minimum atomic E-state index is -2.13. The number of benzene rings is 1. The summed E-state index contributed by atoms with van der Waals surface area (Å²) < 4.78 is 27.7. The lowest BCUT2D eigenvalue weighted by atomic mass is 9.74. The fraction of sp³-hybridized carbons (Fsp3) is 0.571. The number of esters is 1. The van der Waals surface area contributed by atoms with Gasteiger partial charge in [-0.2, -0.15) is 4.98 Å². The van der Waals surface area contributed by atoms with E-state index < -0.39 is 43.1 Å². The molecule has 7 atom stereocenters. The van der Waals surface area contributed by atoms with Crippen LogP contribution in [-0.4, -0.2) is 118 Å². The van der Waals surface area contributed by atoms with Crippen LogP contribution >= 0.6 is 0 Å². The molecule has 1 aromatic carbocycles. The first-order chi connectivity index (χ1) is 20.2. The van der Waals surface area contributed by atoms with Gasteiger partial charge in [-0.05, 0) is 43.9 Å². The topological polar surface area (TPSA) is 203 Å². The third-order valence-corrected chi connectivity index (χ3v) is 7.49. The van der Waals surface area contributed by atoms with Gasteiger partial charge in [0.05, 0.1) is 51.9 Å². The van der Waals surface area contributed by atoms with Crippen molar-refractivity contribution in [2.45, 2.75) is 68.7 Å². The number of carbonyl (C=O) groups excluding carboxylic acids is 1. The molecular weight excluding hydrogens is 554 g/mol. The molecule has 2 aliphatic rings. The predicted octanol–water partition coefficient (Wildman–Crippen LogP) is -0.264. The standard InChI is InChI=1S/C28H37N3O11/c1-5-41-21-9-14-15-8-13(42-27(37)25(36)24(35)23(34)19(33)12-32)6-7-18(15)30-22(16(14)10-20(21)38-2)17-11-29-28(40-4)31-26(17)39-3/h9-11,13,15,18-19,23-25,32-36H,5-8,12H2,1-4H3/t13-,15-,18-,19-,23-,24+,25-/m1/s1. The molecule has 1 aromatic heterocycles. The lowest BCUT2D eigenvalue weighted by molar-refractivity contribution is -0.176. The zero-order valence-electron chi connectivity index (χ0n) is 23.8. The molecular formula is C28H37N3O11. The molecule has 1 aliphatic carbocycles. The highest BCUT2D eigenvalue weighted by Crippen LogP contribution is 2.46. The van der Waals surface area contributed by atoms with Gasteiger partial charge in [0.2, 0.25) is 5.88 Å². The van der Waals surface area contributed by atoms with Gasteiger partial charge in [-0.1, -0.05) is 0 Å². The Balaban J connectivity index is 1.67. The molecule has 5 N–H and O–H groups in total. The van der Waals surface area contributed by atoms with E-state index in [1.54, 1.807) is 6.20 Å². The van der Waals surface area contributed by atoms with Crippen molar-refractivity contribution in [1.29, 1.82) is 0 Å². The molecule has 0 saturated heterocycles. The highest BCUT2D eigenvalue weighted by molar-refractivity contribution is 6.16. The van der Waals surface area contributed by atoms with Crippen LogP contribution in [0.15, 0.2) is 23.3 Å². The normalized spacial score (nSPS) is 22.4. The van der Waals surface area contributed by atoms with Crippen molar-refractivity contribution in [3.05, 3.63) is 35.0 Å². The fourth-order valence-corrected chi connectivity index (χ4v) is 5.34. The van der Waals surface area contributed by atoms with E-state index in [0.29, 0.717) is 48.6 Å². The lowest BCUT2D eigenvalue weighted by Crippen LogP contribution is -2.50. The van der Waals surface area contributed by atoms with Crippen molar-refractivity contribution in [1.82, 2.24) is 9.97 Å². The van der Waals surface area contributed by atoms with Crippen LogP contribution in [0.3, 0.4) is 0 Å². The number of ether oxygens (including phenoxy) is 5. The van der Waals surface area contributed by atoms with Crippen molar-refractivity contribution in [3.63, 3.8) is 0 Å². The number of carbonyl (C=O) groups is 1. The largest absolute Gasteiger partial charge is 0.493 e. The van der Waals surface area contributed by atoms with Crippen molar-refractivity contribution < 1.29 is 54.0 Å². The molecule has 4 rings (SSSR count). The monoisotopic (exact) mass is 591 g/mol. The smallest absolute Gasteiger partial charge is 0.338 e. The Morgan fingerprint density at radius 1 is 1.00 bits per heavy atom. The summed E-state index contributed by atoms with van der Waals surface area (Å²) >= 11 is 0. The number of aliphatic hydroxyl groups excluding tert-OH is 5. The number of hydrogen-bond acceptors (Lipinski definition) is 14. The van der Waals surface area contributed by atoms with Crippen LogP contribution in [0.2, 0.25) is 0 Å². The van der Waals surface area contributed by atoms with Crippen molar-refractivity contribution >= 4 is 11.7 Å². The summed E-state index contributed by atoms with van der Waals surface area (Å²) in [4.78, 5) is 26.3. The number of aliphatic imine (C=N–C) groups is 1. The Kier molecular flexibility index (Phi) is 10.2. The number of methoxy groups -OCH3 is 3. The second-order valence-electron chi connectivity index (χ2n) is 10.0. The Labute approximate surface area is 242 Å². The van der Waals surface area contributed by atoms with E-state index in [4.69, 9.17) is 33.8 Å². The summed E-state index contributed by atoms with van der Waals surface area (Å²) in [5.41, 5.74) is 2.75. The first kappa shape index (κ1) is 31.4. The van der Waals surface area contributed by atoms with E-state index in [-0.39, 0.29) is 23.9 Å². The molecule has 2 heterocycles. The number of nitrogens with zero attached hydrogens (tertiary/aromatic N) is 3. The van der Waals surface area contributed by atoms with Crippen LogP contribution in [0, 0.1) is 0 Å². The summed E-state index contributed by atoms with van der Waals surface area (Å²) in [5, 5.41) is 48.8. The molecule has 0 amide bonds. The van der Waals surface area contributed by atoms with Gasteiger partial charge in [-0.15, -0.1) is 0 Å². The van der Waals surface area contributed by atoms with Crippen molar-refractivity contribution in [3.8, 4) is 23.4 Å². The fourth-order valence-electron chi connectivity index (χ4n) is 5.34. The van der Waals surface area contributed by atoms with E-state index in [9.17, 15) is 25.2 Å². The second-order valence-corrected chi connectivity index (χ2v) is 10.0. The van der Waals surface area contributed by atoms with Crippen LogP contribution in [0.1, 0.15) is 48.8 Å². The average Bonchev–Trinajstić information content (AvgIpc) is 3.02. The third-order valence-electron chi connectivity index (χ3n) is 7.49. The quantitative estimate of drug-likeness (QED) is 0.202. The number of hydrogen-bond donors (Lipinski definition) is 5. The van der Waals surface area contributed by atoms with Gasteiger partial charge in [0, 0.05) is 17.7 Å². The van der Waals surface area contributed by atoms with Crippen LogP contribution in [0.25, 0.3) is 0 Å². The van der Waals surface area contributed by atoms with E-state index in [0.717, 1.165) is 11.1 Å². The first-order valence-electron chi connectivity index (χ1n) is 13.6. The Morgan fingerprint density at radius 2 is 1.76 bits per heavy atom. The maximum Gasteiger partial charge on any atom is 0.338 e. The van der Waals surface area contributed by atoms with Gasteiger partial charge in [0.1, 0.15) is 24.4 Å². The second kappa shape index (κ2) is 13.6. The SMILES string of the molecule is CCOc1cc2c(cc1OC)C(c1cnc(OC)nc1OC)=N[C@@H]1CC[C@@H](OC(=O)[C@H](O)[C@@H](O)[C@H](O)[C@H](O)CO)C[C@H]21. The van der Waals surface area contributed by atoms with Gasteiger partial charge in [0.25, 0.3) is 0 Å². The first-order valence-corrected chi connectivity index (χ1v) is 13.6. The minimum absolute atomic E-state index is 0.141. The molecule has 1 fully saturated rings.